The Morgan fingerprint density at radius 2 is 2.11 bits per heavy atom. The number of fused-ring (bicyclic) bond motifs is 1. The first-order valence-electron chi connectivity index (χ1n) is 6.73. The number of nitrogens with one attached hydrogen (secondary N) is 1. The molecule has 3 heteroatoms. The van der Waals surface area contributed by atoms with Crippen LogP contribution in [0.25, 0.3) is 10.9 Å². The molecule has 19 heavy (non-hydrogen) atoms. The van der Waals surface area contributed by atoms with E-state index in [9.17, 15) is 0 Å². The summed E-state index contributed by atoms with van der Waals surface area (Å²) in [6.45, 7) is 4.41. The Labute approximate surface area is 114 Å². The molecule has 100 valence electrons. The molecule has 3 aromatic rings. The van der Waals surface area contributed by atoms with E-state index in [-0.39, 0.29) is 1.43 Å². The Hall–Kier alpha value is -2.03. The molecule has 0 bridgehead atoms. The van der Waals surface area contributed by atoms with E-state index < -0.39 is 0 Å². The summed E-state index contributed by atoms with van der Waals surface area (Å²) in [6.07, 6.45) is 3.52. The number of benzene rings is 1. The average molecular weight is 256 g/mol. The van der Waals surface area contributed by atoms with Gasteiger partial charge in [-0.25, -0.2) is 0 Å². The van der Waals surface area contributed by atoms with Crippen molar-refractivity contribution in [3.8, 4) is 0 Å². The SMILES string of the molecule is CC(C)c1cc2ccc(CCc3ccon3)cc2[nH]1.[HH]. The summed E-state index contributed by atoms with van der Waals surface area (Å²) in [6, 6.07) is 10.8. The number of hydrogen-bond acceptors (Lipinski definition) is 2. The summed E-state index contributed by atoms with van der Waals surface area (Å²) in [5, 5.41) is 5.22. The molecule has 0 aliphatic rings. The van der Waals surface area contributed by atoms with Crippen molar-refractivity contribution in [1.82, 2.24) is 10.1 Å². The van der Waals surface area contributed by atoms with Crippen LogP contribution in [0.5, 0.6) is 0 Å². The summed E-state index contributed by atoms with van der Waals surface area (Å²) in [7, 11) is 0. The number of H-pyrrole nitrogens is 1. The minimum absolute atomic E-state index is 0. The molecule has 1 aromatic carbocycles. The second-order valence-electron chi connectivity index (χ2n) is 5.29. The molecule has 0 saturated carbocycles. The maximum Gasteiger partial charge on any atom is 0.124 e. The van der Waals surface area contributed by atoms with Crippen LogP contribution in [0.3, 0.4) is 0 Å². The lowest BCUT2D eigenvalue weighted by Gasteiger charge is -2.00. The summed E-state index contributed by atoms with van der Waals surface area (Å²) in [5.41, 5.74) is 4.85. The minimum Gasteiger partial charge on any atom is -0.365 e. The average Bonchev–Trinajstić information content (AvgIpc) is 3.04. The van der Waals surface area contributed by atoms with Gasteiger partial charge in [-0.15, -0.1) is 0 Å². The Morgan fingerprint density at radius 1 is 1.21 bits per heavy atom. The standard InChI is InChI=1S/C16H18N2O.H2/c1-11(2)15-10-13-5-3-12(9-16(13)17-15)4-6-14-7-8-19-18-14;/h3,5,7-11,17H,4,6H2,1-2H3;1H. The zero-order valence-electron chi connectivity index (χ0n) is 11.3. The van der Waals surface area contributed by atoms with Gasteiger partial charge in [0.05, 0.1) is 5.69 Å². The van der Waals surface area contributed by atoms with Crippen LogP contribution in [0, 0.1) is 0 Å². The highest BCUT2D eigenvalue weighted by atomic mass is 16.5. The molecule has 0 amide bonds. The number of nitrogens with zero attached hydrogens (tertiary/aromatic N) is 1. The van der Waals surface area contributed by atoms with E-state index in [4.69, 9.17) is 4.52 Å². The molecule has 3 rings (SSSR count). The summed E-state index contributed by atoms with van der Waals surface area (Å²) in [4.78, 5) is 3.49. The Morgan fingerprint density at radius 3 is 2.84 bits per heavy atom. The number of aryl methyl sites for hydroxylation is 2. The van der Waals surface area contributed by atoms with E-state index in [1.54, 1.807) is 6.26 Å². The minimum atomic E-state index is 0. The van der Waals surface area contributed by atoms with Gasteiger partial charge in [0.15, 0.2) is 0 Å². The van der Waals surface area contributed by atoms with Gasteiger partial charge < -0.3 is 9.51 Å². The van der Waals surface area contributed by atoms with E-state index in [1.165, 1.54) is 22.2 Å². The molecular weight excluding hydrogens is 236 g/mol. The molecule has 2 heterocycles. The molecule has 0 fully saturated rings. The third-order valence-electron chi connectivity index (χ3n) is 3.49. The van der Waals surface area contributed by atoms with Crippen LogP contribution < -0.4 is 0 Å². The lowest BCUT2D eigenvalue weighted by molar-refractivity contribution is 0.411. The lowest BCUT2D eigenvalue weighted by Crippen LogP contribution is -1.91. The quantitative estimate of drug-likeness (QED) is 0.755. The van der Waals surface area contributed by atoms with E-state index in [0.717, 1.165) is 18.5 Å². The molecule has 0 aliphatic heterocycles. The second-order valence-corrected chi connectivity index (χ2v) is 5.29. The maximum absolute atomic E-state index is 4.85. The van der Waals surface area contributed by atoms with Crippen molar-refractivity contribution in [3.63, 3.8) is 0 Å². The summed E-state index contributed by atoms with van der Waals surface area (Å²) < 4.78 is 4.85. The molecule has 0 saturated heterocycles. The first-order chi connectivity index (χ1) is 9.22. The van der Waals surface area contributed by atoms with Crippen molar-refractivity contribution < 1.29 is 5.95 Å². The molecule has 0 atom stereocenters. The van der Waals surface area contributed by atoms with Gasteiger partial charge in [-0.3, -0.25) is 0 Å². The zero-order chi connectivity index (χ0) is 13.2. The first kappa shape index (κ1) is 12.0. The van der Waals surface area contributed by atoms with Crippen molar-refractivity contribution in [1.29, 1.82) is 0 Å². The predicted octanol–water partition coefficient (Wildman–Crippen LogP) is 4.31. The van der Waals surface area contributed by atoms with Crippen molar-refractivity contribution in [2.45, 2.75) is 32.6 Å². The molecule has 0 aliphatic carbocycles. The van der Waals surface area contributed by atoms with E-state index in [0.29, 0.717) is 5.92 Å². The van der Waals surface area contributed by atoms with Crippen LogP contribution in [0.15, 0.2) is 41.1 Å². The van der Waals surface area contributed by atoms with Gasteiger partial charge in [-0.1, -0.05) is 31.1 Å². The number of aromatic amines is 1. The van der Waals surface area contributed by atoms with Crippen LogP contribution in [0.4, 0.5) is 0 Å². The zero-order valence-corrected chi connectivity index (χ0v) is 11.3. The van der Waals surface area contributed by atoms with E-state index in [2.05, 4.69) is 48.3 Å². The fourth-order valence-electron chi connectivity index (χ4n) is 2.30. The lowest BCUT2D eigenvalue weighted by atomic mass is 10.1. The molecule has 3 nitrogen and oxygen atoms in total. The van der Waals surface area contributed by atoms with Gasteiger partial charge in [0.1, 0.15) is 6.26 Å². The molecule has 0 radical (unpaired) electrons. The predicted molar refractivity (Wildman–Crippen MR) is 78.4 cm³/mol. The van der Waals surface area contributed by atoms with Crippen LogP contribution in [0.1, 0.15) is 38.1 Å². The van der Waals surface area contributed by atoms with Crippen LogP contribution in [-0.2, 0) is 12.8 Å². The van der Waals surface area contributed by atoms with Crippen molar-refractivity contribution in [2.75, 3.05) is 0 Å². The molecule has 0 unspecified atom stereocenters. The third kappa shape index (κ3) is 2.55. The fraction of sp³-hybridized carbons (Fsp3) is 0.312. The van der Waals surface area contributed by atoms with Gasteiger partial charge in [0.25, 0.3) is 0 Å². The summed E-state index contributed by atoms with van der Waals surface area (Å²) >= 11 is 0. The molecule has 0 spiro atoms. The highest BCUT2D eigenvalue weighted by Crippen LogP contribution is 2.22. The first-order valence-corrected chi connectivity index (χ1v) is 6.73. The fourth-order valence-corrected chi connectivity index (χ4v) is 2.30. The monoisotopic (exact) mass is 256 g/mol. The topological polar surface area (TPSA) is 41.8 Å². The van der Waals surface area contributed by atoms with Crippen molar-refractivity contribution in [3.05, 3.63) is 53.5 Å². The van der Waals surface area contributed by atoms with E-state index >= 15 is 0 Å². The van der Waals surface area contributed by atoms with Crippen molar-refractivity contribution >= 4 is 10.9 Å². The number of hydrogen-bond donors (Lipinski definition) is 1. The largest absolute Gasteiger partial charge is 0.365 e. The highest BCUT2D eigenvalue weighted by molar-refractivity contribution is 5.81. The summed E-state index contributed by atoms with van der Waals surface area (Å²) in [5.74, 6) is 0.533. The maximum atomic E-state index is 4.85. The van der Waals surface area contributed by atoms with Gasteiger partial charge in [0.2, 0.25) is 0 Å². The molecule has 2 aromatic heterocycles. The Kier molecular flexibility index (Phi) is 3.11. The molecular formula is C16H20N2O. The van der Waals surface area contributed by atoms with E-state index in [1.807, 2.05) is 6.07 Å². The number of aromatic nitrogens is 2. The van der Waals surface area contributed by atoms with Crippen LogP contribution in [-0.4, -0.2) is 10.1 Å². The van der Waals surface area contributed by atoms with Gasteiger partial charge in [0, 0.05) is 18.7 Å². The third-order valence-corrected chi connectivity index (χ3v) is 3.49. The Bertz CT molecular complexity index is 671. The van der Waals surface area contributed by atoms with Crippen LogP contribution >= 0.6 is 0 Å². The molecule has 1 N–H and O–H groups in total. The van der Waals surface area contributed by atoms with Gasteiger partial charge in [-0.2, -0.15) is 0 Å². The van der Waals surface area contributed by atoms with Crippen molar-refractivity contribution in [2.24, 2.45) is 0 Å². The van der Waals surface area contributed by atoms with Gasteiger partial charge >= 0.3 is 0 Å². The number of rotatable bonds is 4. The van der Waals surface area contributed by atoms with Crippen LogP contribution in [0.2, 0.25) is 0 Å². The Balaban J connectivity index is 0.00000147. The van der Waals surface area contributed by atoms with Gasteiger partial charge in [-0.05, 0) is 41.8 Å². The highest BCUT2D eigenvalue weighted by Gasteiger charge is 2.05. The second kappa shape index (κ2) is 4.92. The smallest absolute Gasteiger partial charge is 0.124 e. The normalized spacial score (nSPS) is 11.5.